The smallest absolute Gasteiger partial charge is 0.226 e. The summed E-state index contributed by atoms with van der Waals surface area (Å²) in [5.74, 6) is 0.193. The number of rotatable bonds is 4. The average Bonchev–Trinajstić information content (AvgIpc) is 2.47. The summed E-state index contributed by atoms with van der Waals surface area (Å²) in [4.78, 5) is 14.9. The molecule has 21 heavy (non-hydrogen) atoms. The minimum atomic E-state index is -0.130. The van der Waals surface area contributed by atoms with Gasteiger partial charge in [0, 0.05) is 13.1 Å². The van der Waals surface area contributed by atoms with Gasteiger partial charge in [0.15, 0.2) is 0 Å². The summed E-state index contributed by atoms with van der Waals surface area (Å²) < 4.78 is -0.130. The SMILES string of the molecule is CSC1(C(N)=S)CCN(C(=O)Cc2cccc(C)c2)CC1. The summed E-state index contributed by atoms with van der Waals surface area (Å²) in [6.07, 6.45) is 4.22. The van der Waals surface area contributed by atoms with E-state index < -0.39 is 0 Å². The minimum Gasteiger partial charge on any atom is -0.392 e. The highest BCUT2D eigenvalue weighted by molar-refractivity contribution is 8.02. The molecule has 1 aromatic carbocycles. The lowest BCUT2D eigenvalue weighted by Gasteiger charge is -2.40. The maximum atomic E-state index is 12.4. The molecular weight excluding hydrogens is 300 g/mol. The Balaban J connectivity index is 1.96. The first-order valence-corrected chi connectivity index (χ1v) is 8.78. The Kier molecular flexibility index (Phi) is 5.27. The molecule has 1 aliphatic rings. The third kappa shape index (κ3) is 3.77. The van der Waals surface area contributed by atoms with Crippen molar-refractivity contribution in [1.29, 1.82) is 0 Å². The van der Waals surface area contributed by atoms with Crippen molar-refractivity contribution in [2.24, 2.45) is 5.73 Å². The van der Waals surface area contributed by atoms with Crippen LogP contribution < -0.4 is 5.73 Å². The van der Waals surface area contributed by atoms with Crippen LogP contribution in [-0.2, 0) is 11.2 Å². The number of piperidine rings is 1. The molecule has 0 saturated carbocycles. The predicted octanol–water partition coefficient (Wildman–Crippen LogP) is 2.55. The fourth-order valence-corrected chi connectivity index (χ4v) is 4.02. The molecule has 0 atom stereocenters. The fraction of sp³-hybridized carbons (Fsp3) is 0.500. The lowest BCUT2D eigenvalue weighted by atomic mass is 9.95. The largest absolute Gasteiger partial charge is 0.392 e. The van der Waals surface area contributed by atoms with Crippen molar-refractivity contribution in [2.45, 2.75) is 30.9 Å². The molecule has 1 heterocycles. The summed E-state index contributed by atoms with van der Waals surface area (Å²) in [6.45, 7) is 3.52. The molecule has 0 aliphatic carbocycles. The third-order valence-electron chi connectivity index (χ3n) is 4.20. The molecule has 1 aliphatic heterocycles. The Morgan fingerprint density at radius 1 is 1.43 bits per heavy atom. The van der Waals surface area contributed by atoms with E-state index >= 15 is 0 Å². The quantitative estimate of drug-likeness (QED) is 0.866. The van der Waals surface area contributed by atoms with E-state index in [2.05, 4.69) is 6.07 Å². The van der Waals surface area contributed by atoms with Crippen LogP contribution >= 0.6 is 24.0 Å². The Morgan fingerprint density at radius 2 is 2.10 bits per heavy atom. The summed E-state index contributed by atoms with van der Waals surface area (Å²) in [5.41, 5.74) is 8.15. The van der Waals surface area contributed by atoms with E-state index in [1.54, 1.807) is 11.8 Å². The van der Waals surface area contributed by atoms with E-state index in [0.717, 1.165) is 31.5 Å². The van der Waals surface area contributed by atoms with E-state index in [0.29, 0.717) is 11.4 Å². The van der Waals surface area contributed by atoms with Crippen molar-refractivity contribution < 1.29 is 4.79 Å². The molecule has 0 spiro atoms. The zero-order valence-electron chi connectivity index (χ0n) is 12.6. The van der Waals surface area contributed by atoms with Crippen LogP contribution in [0.1, 0.15) is 24.0 Å². The van der Waals surface area contributed by atoms with Gasteiger partial charge in [-0.15, -0.1) is 0 Å². The van der Waals surface area contributed by atoms with Crippen molar-refractivity contribution in [2.75, 3.05) is 19.3 Å². The number of thiocarbonyl (C=S) groups is 1. The molecule has 1 amide bonds. The first-order chi connectivity index (χ1) is 9.97. The second-order valence-corrected chi connectivity index (χ2v) is 7.24. The van der Waals surface area contributed by atoms with Gasteiger partial charge in [-0.1, -0.05) is 42.0 Å². The molecule has 0 aromatic heterocycles. The van der Waals surface area contributed by atoms with Crippen LogP contribution in [0, 0.1) is 6.92 Å². The number of hydrogen-bond acceptors (Lipinski definition) is 3. The number of benzene rings is 1. The maximum absolute atomic E-state index is 12.4. The lowest BCUT2D eigenvalue weighted by Crippen LogP contribution is -2.51. The van der Waals surface area contributed by atoms with Crippen LogP contribution in [0.15, 0.2) is 24.3 Å². The van der Waals surface area contributed by atoms with Crippen LogP contribution in [-0.4, -0.2) is 39.9 Å². The van der Waals surface area contributed by atoms with E-state index in [1.165, 1.54) is 5.56 Å². The number of likely N-dealkylation sites (tertiary alicyclic amines) is 1. The van der Waals surface area contributed by atoms with Crippen molar-refractivity contribution in [3.8, 4) is 0 Å². The molecule has 5 heteroatoms. The van der Waals surface area contributed by atoms with Crippen molar-refractivity contribution in [3.63, 3.8) is 0 Å². The van der Waals surface area contributed by atoms with Gasteiger partial charge in [-0.05, 0) is 31.6 Å². The van der Waals surface area contributed by atoms with E-state index in [-0.39, 0.29) is 10.7 Å². The molecule has 0 radical (unpaired) electrons. The molecule has 2 rings (SSSR count). The standard InChI is InChI=1S/C16H22N2OS2/c1-12-4-3-5-13(10-12)11-14(19)18-8-6-16(21-2,7-9-18)15(17)20/h3-5,10H,6-9,11H2,1-2H3,(H2,17,20). The van der Waals surface area contributed by atoms with E-state index in [4.69, 9.17) is 18.0 Å². The second kappa shape index (κ2) is 6.79. The zero-order chi connectivity index (χ0) is 15.5. The minimum absolute atomic E-state index is 0.130. The summed E-state index contributed by atoms with van der Waals surface area (Å²) in [7, 11) is 0. The monoisotopic (exact) mass is 322 g/mol. The van der Waals surface area contributed by atoms with E-state index in [9.17, 15) is 4.79 Å². The number of carbonyl (C=O) groups is 1. The Morgan fingerprint density at radius 3 is 2.62 bits per heavy atom. The number of nitrogens with two attached hydrogens (primary N) is 1. The number of amides is 1. The number of nitrogens with zero attached hydrogens (tertiary/aromatic N) is 1. The number of thioether (sulfide) groups is 1. The molecule has 0 bridgehead atoms. The molecular formula is C16H22N2OS2. The first kappa shape index (κ1) is 16.3. The first-order valence-electron chi connectivity index (χ1n) is 7.15. The third-order valence-corrected chi connectivity index (χ3v) is 6.13. The Hall–Kier alpha value is -1.07. The molecule has 2 N–H and O–H groups in total. The van der Waals surface area contributed by atoms with Gasteiger partial charge in [-0.2, -0.15) is 11.8 Å². The second-order valence-electron chi connectivity index (χ2n) is 5.61. The molecule has 114 valence electrons. The van der Waals surface area contributed by atoms with Crippen LogP contribution in [0.5, 0.6) is 0 Å². The number of carbonyl (C=O) groups excluding carboxylic acids is 1. The molecule has 3 nitrogen and oxygen atoms in total. The van der Waals surface area contributed by atoms with Crippen molar-refractivity contribution in [3.05, 3.63) is 35.4 Å². The molecule has 1 aromatic rings. The van der Waals surface area contributed by atoms with Gasteiger partial charge >= 0.3 is 0 Å². The number of hydrogen-bond donors (Lipinski definition) is 1. The maximum Gasteiger partial charge on any atom is 0.226 e. The highest BCUT2D eigenvalue weighted by atomic mass is 32.2. The van der Waals surface area contributed by atoms with Gasteiger partial charge < -0.3 is 10.6 Å². The highest BCUT2D eigenvalue weighted by Crippen LogP contribution is 2.35. The van der Waals surface area contributed by atoms with Crippen LogP contribution in [0.3, 0.4) is 0 Å². The molecule has 1 fully saturated rings. The molecule has 0 unspecified atom stereocenters. The van der Waals surface area contributed by atoms with Crippen LogP contribution in [0.2, 0.25) is 0 Å². The van der Waals surface area contributed by atoms with Crippen molar-refractivity contribution >= 4 is 34.9 Å². The average molecular weight is 322 g/mol. The van der Waals surface area contributed by atoms with Gasteiger partial charge in [-0.3, -0.25) is 4.79 Å². The summed E-state index contributed by atoms with van der Waals surface area (Å²) >= 11 is 6.92. The van der Waals surface area contributed by atoms with Gasteiger partial charge in [0.2, 0.25) is 5.91 Å². The van der Waals surface area contributed by atoms with Gasteiger partial charge in [0.05, 0.1) is 16.2 Å². The summed E-state index contributed by atoms with van der Waals surface area (Å²) in [6, 6.07) is 8.13. The predicted molar refractivity (Wildman–Crippen MR) is 93.7 cm³/mol. The van der Waals surface area contributed by atoms with Crippen LogP contribution in [0.25, 0.3) is 0 Å². The topological polar surface area (TPSA) is 46.3 Å². The Bertz CT molecular complexity index is 537. The summed E-state index contributed by atoms with van der Waals surface area (Å²) in [5, 5.41) is 0. The highest BCUT2D eigenvalue weighted by Gasteiger charge is 2.37. The normalized spacial score (nSPS) is 17.5. The zero-order valence-corrected chi connectivity index (χ0v) is 14.2. The van der Waals surface area contributed by atoms with Gasteiger partial charge in [-0.25, -0.2) is 0 Å². The van der Waals surface area contributed by atoms with Crippen molar-refractivity contribution in [1.82, 2.24) is 4.90 Å². The lowest BCUT2D eigenvalue weighted by molar-refractivity contribution is -0.131. The van der Waals surface area contributed by atoms with Crippen LogP contribution in [0.4, 0.5) is 0 Å². The number of aryl methyl sites for hydroxylation is 1. The molecule has 1 saturated heterocycles. The fourth-order valence-electron chi connectivity index (χ4n) is 2.78. The Labute approximate surface area is 136 Å². The van der Waals surface area contributed by atoms with Gasteiger partial charge in [0.1, 0.15) is 0 Å². The van der Waals surface area contributed by atoms with Gasteiger partial charge in [0.25, 0.3) is 0 Å². The van der Waals surface area contributed by atoms with E-state index in [1.807, 2.05) is 36.3 Å².